The average Bonchev–Trinajstić information content (AvgIpc) is 3.33. The van der Waals surface area contributed by atoms with Crippen molar-refractivity contribution in [3.63, 3.8) is 0 Å². The number of hydrogen-bond acceptors (Lipinski definition) is 5. The molecule has 196 valence electrons. The predicted octanol–water partition coefficient (Wildman–Crippen LogP) is 3.45. The van der Waals surface area contributed by atoms with Crippen LogP contribution in [0.25, 0.3) is 21.7 Å². The molecular formula is C27H27N4O6S+. The van der Waals surface area contributed by atoms with Gasteiger partial charge in [0.1, 0.15) is 11.4 Å². The third-order valence-electron chi connectivity index (χ3n) is 7.13. The lowest BCUT2D eigenvalue weighted by atomic mass is 10.0. The Balaban J connectivity index is 1.45. The minimum absolute atomic E-state index is 0.00114. The van der Waals surface area contributed by atoms with Gasteiger partial charge in [-0.3, -0.25) is 10.2 Å². The Morgan fingerprint density at radius 2 is 1.68 bits per heavy atom. The Hall–Kier alpha value is -4.22. The Bertz CT molecular complexity index is 1660. The van der Waals surface area contributed by atoms with Crippen LogP contribution in [-0.2, 0) is 26.0 Å². The number of carboxylic acid groups (broad SMARTS) is 1. The van der Waals surface area contributed by atoms with E-state index in [-0.39, 0.29) is 24.3 Å². The number of piperidine rings is 1. The Kier molecular flexibility index (Phi) is 6.64. The molecule has 0 saturated carbocycles. The fraction of sp³-hybridized carbons (Fsp3) is 0.222. The summed E-state index contributed by atoms with van der Waals surface area (Å²) in [5.41, 5.74) is 6.07. The fourth-order valence-corrected chi connectivity index (χ4v) is 7.28. The van der Waals surface area contributed by atoms with E-state index in [1.165, 1.54) is 12.1 Å². The molecule has 0 aliphatic carbocycles. The number of aromatic nitrogens is 1. The number of carboxylic acids is 1. The van der Waals surface area contributed by atoms with Crippen LogP contribution in [0.2, 0.25) is 0 Å². The minimum Gasteiger partial charge on any atom is -0.477 e. The first-order chi connectivity index (χ1) is 18.2. The van der Waals surface area contributed by atoms with Crippen molar-refractivity contribution in [2.24, 2.45) is 0 Å². The molecule has 2 atom stereocenters. The quantitative estimate of drug-likeness (QED) is 0.228. The number of benzene rings is 3. The molecule has 11 heteroatoms. The lowest BCUT2D eigenvalue weighted by molar-refractivity contribution is -0.749. The maximum Gasteiger partial charge on any atom is 0.451 e. The van der Waals surface area contributed by atoms with Crippen molar-refractivity contribution >= 4 is 49.6 Å². The summed E-state index contributed by atoms with van der Waals surface area (Å²) in [5.74, 6) is -1.97. The molecule has 0 spiro atoms. The third-order valence-corrected chi connectivity index (χ3v) is 9.44. The number of nitrogens with zero attached hydrogens (tertiary/aromatic N) is 1. The number of rotatable bonds is 5. The molecular weight excluding hydrogens is 508 g/mol. The maximum atomic E-state index is 14.1. The van der Waals surface area contributed by atoms with Crippen molar-refractivity contribution in [2.75, 3.05) is 6.54 Å². The lowest BCUT2D eigenvalue weighted by Crippen LogP contribution is -2.70. The van der Waals surface area contributed by atoms with E-state index in [2.05, 4.69) is 15.8 Å². The van der Waals surface area contributed by atoms with E-state index in [0.29, 0.717) is 23.8 Å². The van der Waals surface area contributed by atoms with Crippen LogP contribution >= 0.6 is 0 Å². The molecule has 3 amide bonds. The number of amides is 3. The van der Waals surface area contributed by atoms with E-state index in [1.54, 1.807) is 24.4 Å². The van der Waals surface area contributed by atoms with E-state index in [0.717, 1.165) is 16.3 Å². The second kappa shape index (κ2) is 9.92. The Labute approximate surface area is 218 Å². The standard InChI is InChI=1S/C27H26N4O6S/c32-25(16-20-17-28-23-10-4-3-9-22(20)23)29-30-27(35)31(14-6-5-11-24(31)26(33)34)38(36,37)21-13-12-18-7-1-2-8-19(18)15-21/h1-4,7-10,12-13,15,17,24,28H,5-6,11,14,16H2,(H2-,29,30,32,33,34,35)/p+1/t24-,31-/m0/s1. The van der Waals surface area contributed by atoms with Gasteiger partial charge in [-0.2, -0.15) is 8.42 Å². The Morgan fingerprint density at radius 3 is 2.47 bits per heavy atom. The molecule has 10 nitrogen and oxygen atoms in total. The number of carbonyl (C=O) groups excluding carboxylic acids is 2. The number of urea groups is 1. The van der Waals surface area contributed by atoms with Gasteiger partial charge in [0.25, 0.3) is 0 Å². The van der Waals surface area contributed by atoms with Gasteiger partial charge in [-0.25, -0.2) is 15.0 Å². The highest BCUT2D eigenvalue weighted by molar-refractivity contribution is 7.86. The van der Waals surface area contributed by atoms with Gasteiger partial charge >= 0.3 is 22.0 Å². The van der Waals surface area contributed by atoms with Crippen LogP contribution in [0.15, 0.2) is 77.8 Å². The maximum absolute atomic E-state index is 14.1. The first kappa shape index (κ1) is 25.4. The van der Waals surface area contributed by atoms with Gasteiger partial charge in [0.2, 0.25) is 11.9 Å². The van der Waals surface area contributed by atoms with Gasteiger partial charge in [-0.1, -0.05) is 48.5 Å². The number of fused-ring (bicyclic) bond motifs is 2. The number of aromatic amines is 1. The Morgan fingerprint density at radius 1 is 0.947 bits per heavy atom. The SMILES string of the molecule is O=C(Cc1c[nH]c2ccccc12)NNC(=O)[N@+]1(S(=O)(=O)c2ccc3ccccc3c2)CCCC[C@H]1C(=O)O. The van der Waals surface area contributed by atoms with Crippen molar-refractivity contribution < 1.29 is 31.8 Å². The number of aliphatic carboxylic acids is 1. The number of nitrogens with one attached hydrogen (secondary N) is 3. The number of H-pyrrole nitrogens is 1. The van der Waals surface area contributed by atoms with Gasteiger partial charge in [-0.05, 0) is 47.4 Å². The number of para-hydroxylation sites is 1. The van der Waals surface area contributed by atoms with E-state index in [1.807, 2.05) is 36.4 Å². The first-order valence-corrected chi connectivity index (χ1v) is 13.7. The zero-order valence-electron chi connectivity index (χ0n) is 20.4. The van der Waals surface area contributed by atoms with Crippen LogP contribution in [0, 0.1) is 0 Å². The largest absolute Gasteiger partial charge is 0.477 e. The predicted molar refractivity (Wildman–Crippen MR) is 140 cm³/mol. The van der Waals surface area contributed by atoms with Crippen LogP contribution < -0.4 is 10.9 Å². The highest BCUT2D eigenvalue weighted by atomic mass is 32.2. The molecule has 1 aromatic heterocycles. The zero-order valence-corrected chi connectivity index (χ0v) is 21.2. The molecule has 1 fully saturated rings. The zero-order chi connectivity index (χ0) is 26.9. The summed E-state index contributed by atoms with van der Waals surface area (Å²) in [6, 6.07) is 16.4. The minimum atomic E-state index is -4.55. The van der Waals surface area contributed by atoms with Crippen molar-refractivity contribution in [3.8, 4) is 0 Å². The number of hydrogen-bond donors (Lipinski definition) is 4. The van der Waals surface area contributed by atoms with Gasteiger partial charge in [0.05, 0.1) is 6.42 Å². The molecule has 2 heterocycles. The molecule has 0 radical (unpaired) electrons. The van der Waals surface area contributed by atoms with E-state index in [4.69, 9.17) is 0 Å². The molecule has 1 aliphatic rings. The second-order valence-corrected chi connectivity index (χ2v) is 11.4. The number of sulfonamides is 1. The monoisotopic (exact) mass is 535 g/mol. The van der Waals surface area contributed by atoms with Crippen LogP contribution in [-0.4, -0.2) is 52.9 Å². The fourth-order valence-electron chi connectivity index (χ4n) is 5.22. The molecule has 0 bridgehead atoms. The molecule has 1 aliphatic heterocycles. The molecule has 4 aromatic rings. The summed E-state index contributed by atoms with van der Waals surface area (Å²) in [6.45, 7) is -0.240. The molecule has 0 unspecified atom stereocenters. The van der Waals surface area contributed by atoms with E-state index >= 15 is 0 Å². The van der Waals surface area contributed by atoms with Crippen molar-refractivity contribution in [1.82, 2.24) is 15.8 Å². The topological polar surface area (TPSA) is 145 Å². The first-order valence-electron chi connectivity index (χ1n) is 12.2. The van der Waals surface area contributed by atoms with Crippen LogP contribution in [0.4, 0.5) is 4.79 Å². The summed E-state index contributed by atoms with van der Waals surface area (Å²) in [6.07, 6.45) is 2.40. The van der Waals surface area contributed by atoms with Gasteiger partial charge in [-0.15, -0.1) is 3.89 Å². The normalized spacial score (nSPS) is 19.7. The molecule has 38 heavy (non-hydrogen) atoms. The highest BCUT2D eigenvalue weighted by Gasteiger charge is 2.60. The second-order valence-electron chi connectivity index (χ2n) is 9.37. The van der Waals surface area contributed by atoms with Crippen LogP contribution in [0.3, 0.4) is 0 Å². The average molecular weight is 536 g/mol. The number of hydrazine groups is 1. The number of carbonyl (C=O) groups is 3. The number of likely N-dealkylation sites (tertiary alicyclic amines) is 1. The van der Waals surface area contributed by atoms with Crippen LogP contribution in [0.1, 0.15) is 24.8 Å². The third kappa shape index (κ3) is 4.29. The summed E-state index contributed by atoms with van der Waals surface area (Å²) >= 11 is 0. The number of quaternary nitrogens is 1. The van der Waals surface area contributed by atoms with Crippen LogP contribution in [0.5, 0.6) is 0 Å². The molecule has 1 saturated heterocycles. The van der Waals surface area contributed by atoms with E-state index < -0.39 is 37.9 Å². The van der Waals surface area contributed by atoms with Crippen molar-refractivity contribution in [3.05, 3.63) is 78.5 Å². The lowest BCUT2D eigenvalue weighted by Gasteiger charge is -2.40. The summed E-state index contributed by atoms with van der Waals surface area (Å²) in [5, 5.41) is 12.3. The highest BCUT2D eigenvalue weighted by Crippen LogP contribution is 2.36. The van der Waals surface area contributed by atoms with Crippen molar-refractivity contribution in [2.45, 2.75) is 36.6 Å². The smallest absolute Gasteiger partial charge is 0.451 e. The molecule has 5 rings (SSSR count). The van der Waals surface area contributed by atoms with Crippen molar-refractivity contribution in [1.29, 1.82) is 0 Å². The van der Waals surface area contributed by atoms with Gasteiger partial charge in [0, 0.05) is 23.5 Å². The summed E-state index contributed by atoms with van der Waals surface area (Å²) in [7, 11) is -4.55. The molecule has 4 N–H and O–H groups in total. The summed E-state index contributed by atoms with van der Waals surface area (Å²) in [4.78, 5) is 41.5. The van der Waals surface area contributed by atoms with Gasteiger partial charge in [0.15, 0.2) is 0 Å². The molecule has 3 aromatic carbocycles. The van der Waals surface area contributed by atoms with Gasteiger partial charge < -0.3 is 10.1 Å². The van der Waals surface area contributed by atoms with E-state index in [9.17, 15) is 27.9 Å². The summed E-state index contributed by atoms with van der Waals surface area (Å²) < 4.78 is 26.8.